The van der Waals surface area contributed by atoms with E-state index in [0.717, 1.165) is 11.4 Å². The number of hydrogen-bond donors (Lipinski definition) is 1. The summed E-state index contributed by atoms with van der Waals surface area (Å²) >= 11 is 1.39. The van der Waals surface area contributed by atoms with Crippen molar-refractivity contribution in [2.24, 2.45) is 16.7 Å². The predicted molar refractivity (Wildman–Crippen MR) is 133 cm³/mol. The van der Waals surface area contributed by atoms with Crippen molar-refractivity contribution in [3.63, 3.8) is 0 Å². The maximum atomic E-state index is 13.9. The second kappa shape index (κ2) is 10.7. The van der Waals surface area contributed by atoms with Crippen molar-refractivity contribution < 1.29 is 27.8 Å². The van der Waals surface area contributed by atoms with Crippen molar-refractivity contribution in [2.45, 2.75) is 52.9 Å². The first-order valence-electron chi connectivity index (χ1n) is 12.3. The van der Waals surface area contributed by atoms with E-state index >= 15 is 0 Å². The van der Waals surface area contributed by atoms with Crippen LogP contribution in [0.5, 0.6) is 5.75 Å². The molecule has 0 saturated carbocycles. The Morgan fingerprint density at radius 2 is 2.03 bits per heavy atom. The first kappa shape index (κ1) is 26.9. The first-order valence-corrected chi connectivity index (χ1v) is 13.1. The molecule has 2 fully saturated rings. The van der Waals surface area contributed by atoms with Crippen LogP contribution in [0.1, 0.15) is 38.5 Å². The normalized spacial score (nSPS) is 26.0. The van der Waals surface area contributed by atoms with Crippen LogP contribution in [0.25, 0.3) is 10.6 Å². The largest absolute Gasteiger partial charge is 0.481 e. The predicted octanol–water partition coefficient (Wildman–Crippen LogP) is 5.39. The fourth-order valence-corrected chi connectivity index (χ4v) is 6.35. The molecule has 1 N–H and O–H groups in total. The van der Waals surface area contributed by atoms with E-state index in [1.54, 1.807) is 24.4 Å². The Labute approximate surface area is 214 Å². The molecule has 0 bridgehead atoms. The van der Waals surface area contributed by atoms with Crippen molar-refractivity contribution in [2.75, 3.05) is 32.7 Å². The van der Waals surface area contributed by atoms with Crippen LogP contribution in [0.3, 0.4) is 0 Å². The lowest BCUT2D eigenvalue weighted by Crippen LogP contribution is -2.57. The van der Waals surface area contributed by atoms with Gasteiger partial charge < -0.3 is 9.84 Å². The van der Waals surface area contributed by atoms with E-state index < -0.39 is 24.2 Å². The second-order valence-corrected chi connectivity index (χ2v) is 12.3. The lowest BCUT2D eigenvalue weighted by Gasteiger charge is -2.49. The Morgan fingerprint density at radius 3 is 2.67 bits per heavy atom. The molecule has 2 aliphatic heterocycles. The number of hydrogen-bond acceptors (Lipinski definition) is 6. The van der Waals surface area contributed by atoms with Crippen LogP contribution < -0.4 is 4.74 Å². The van der Waals surface area contributed by atoms with Gasteiger partial charge in [0.1, 0.15) is 16.9 Å². The van der Waals surface area contributed by atoms with Gasteiger partial charge in [0.15, 0.2) is 0 Å². The molecule has 1 aromatic carbocycles. The Balaban J connectivity index is 1.56. The third-order valence-corrected chi connectivity index (χ3v) is 8.34. The molecule has 1 aromatic heterocycles. The average molecular weight is 526 g/mol. The summed E-state index contributed by atoms with van der Waals surface area (Å²) in [6.07, 6.45) is 1.81. The summed E-state index contributed by atoms with van der Waals surface area (Å²) in [5, 5.41) is 11.0. The van der Waals surface area contributed by atoms with Crippen molar-refractivity contribution in [3.8, 4) is 16.3 Å². The number of rotatable bonds is 8. The van der Waals surface area contributed by atoms with Crippen LogP contribution in [-0.2, 0) is 11.3 Å². The number of halogens is 3. The van der Waals surface area contributed by atoms with Crippen molar-refractivity contribution in [1.82, 2.24) is 14.8 Å². The highest BCUT2D eigenvalue weighted by atomic mass is 32.1. The van der Waals surface area contributed by atoms with E-state index in [0.29, 0.717) is 49.6 Å². The fourth-order valence-electron chi connectivity index (χ4n) is 5.37. The zero-order chi connectivity index (χ0) is 26.1. The standard InChI is InChI=1S/C26H34F3N3O3S/c1-25(2,3)17-10-26(23(33)34,15-31-9-8-18(27)13-31)16-32(12-17)14-19-11-30-22(36-19)20-6-4-5-7-21(20)35-24(28)29/h4-7,11,17-18,24H,8-10,12-16H2,1-3H3,(H,33,34)/t17-,18-,26+/m1/s1. The number of benzene rings is 1. The number of likely N-dealkylation sites (tertiary alicyclic amines) is 2. The van der Waals surface area contributed by atoms with Crippen LogP contribution in [-0.4, -0.2) is 71.4 Å². The second-order valence-electron chi connectivity index (χ2n) is 11.1. The van der Waals surface area contributed by atoms with Crippen LogP contribution in [0.4, 0.5) is 13.2 Å². The molecule has 4 rings (SSSR count). The summed E-state index contributed by atoms with van der Waals surface area (Å²) in [6, 6.07) is 6.56. The molecule has 2 aromatic rings. The summed E-state index contributed by atoms with van der Waals surface area (Å²) in [7, 11) is 0. The number of carboxylic acids is 1. The minimum Gasteiger partial charge on any atom is -0.481 e. The highest BCUT2D eigenvalue weighted by Gasteiger charge is 2.49. The summed E-state index contributed by atoms with van der Waals surface area (Å²) in [5.74, 6) is -0.633. The highest BCUT2D eigenvalue weighted by Crippen LogP contribution is 2.43. The van der Waals surface area contributed by atoms with E-state index in [-0.39, 0.29) is 23.6 Å². The fraction of sp³-hybridized carbons (Fsp3) is 0.615. The van der Waals surface area contributed by atoms with Crippen molar-refractivity contribution in [3.05, 3.63) is 35.3 Å². The molecular formula is C26H34F3N3O3S. The number of aliphatic carboxylic acids is 1. The molecule has 10 heteroatoms. The topological polar surface area (TPSA) is 65.9 Å². The summed E-state index contributed by atoms with van der Waals surface area (Å²) < 4.78 is 44.2. The molecule has 0 radical (unpaired) electrons. The van der Waals surface area contributed by atoms with Crippen LogP contribution in [0, 0.1) is 16.7 Å². The van der Waals surface area contributed by atoms with Gasteiger partial charge in [-0.15, -0.1) is 11.3 Å². The number of para-hydroxylation sites is 1. The molecule has 36 heavy (non-hydrogen) atoms. The van der Waals surface area contributed by atoms with Gasteiger partial charge in [0.25, 0.3) is 0 Å². The van der Waals surface area contributed by atoms with Crippen LogP contribution in [0.2, 0.25) is 0 Å². The highest BCUT2D eigenvalue weighted by molar-refractivity contribution is 7.15. The van der Waals surface area contributed by atoms with Crippen LogP contribution in [0.15, 0.2) is 30.5 Å². The number of aromatic nitrogens is 1. The van der Waals surface area contributed by atoms with Gasteiger partial charge in [-0.05, 0) is 36.3 Å². The third-order valence-electron chi connectivity index (χ3n) is 7.33. The van der Waals surface area contributed by atoms with Gasteiger partial charge in [-0.25, -0.2) is 9.37 Å². The van der Waals surface area contributed by atoms with Gasteiger partial charge in [0.05, 0.1) is 11.0 Å². The molecule has 198 valence electrons. The number of piperidine rings is 1. The number of carboxylic acid groups (broad SMARTS) is 1. The van der Waals surface area contributed by atoms with Gasteiger partial charge in [-0.1, -0.05) is 32.9 Å². The first-order chi connectivity index (χ1) is 16.9. The number of ether oxygens (including phenoxy) is 1. The molecule has 2 aliphatic rings. The molecule has 0 amide bonds. The summed E-state index contributed by atoms with van der Waals surface area (Å²) in [6.45, 7) is 6.26. The quantitative estimate of drug-likeness (QED) is 0.498. The van der Waals surface area contributed by atoms with Crippen molar-refractivity contribution in [1.29, 1.82) is 0 Å². The van der Waals surface area contributed by atoms with Gasteiger partial charge in [-0.3, -0.25) is 14.6 Å². The van der Waals surface area contributed by atoms with E-state index in [4.69, 9.17) is 0 Å². The summed E-state index contributed by atoms with van der Waals surface area (Å²) in [5.41, 5.74) is -0.599. The molecule has 0 unspecified atom stereocenters. The van der Waals surface area contributed by atoms with Gasteiger partial charge >= 0.3 is 12.6 Å². The number of nitrogens with zero attached hydrogens (tertiary/aromatic N) is 3. The number of carbonyl (C=O) groups is 1. The number of alkyl halides is 3. The zero-order valence-electron chi connectivity index (χ0n) is 20.9. The molecule has 3 heterocycles. The molecule has 0 aliphatic carbocycles. The minimum absolute atomic E-state index is 0.0702. The average Bonchev–Trinajstić information content (AvgIpc) is 3.41. The lowest BCUT2D eigenvalue weighted by molar-refractivity contribution is -0.157. The Bertz CT molecular complexity index is 1060. The van der Waals surface area contributed by atoms with E-state index in [1.165, 1.54) is 17.4 Å². The monoisotopic (exact) mass is 525 g/mol. The van der Waals surface area contributed by atoms with E-state index in [2.05, 4.69) is 35.4 Å². The third kappa shape index (κ3) is 6.20. The Kier molecular flexibility index (Phi) is 7.97. The maximum absolute atomic E-state index is 13.9. The Hall–Kier alpha value is -2.17. The van der Waals surface area contributed by atoms with Crippen molar-refractivity contribution >= 4 is 17.3 Å². The minimum atomic E-state index is -2.93. The van der Waals surface area contributed by atoms with E-state index in [1.807, 2.05) is 4.90 Å². The van der Waals surface area contributed by atoms with Gasteiger partial charge in [-0.2, -0.15) is 8.78 Å². The zero-order valence-corrected chi connectivity index (χ0v) is 21.7. The molecule has 3 atom stereocenters. The smallest absolute Gasteiger partial charge is 0.387 e. The van der Waals surface area contributed by atoms with Gasteiger partial charge in [0.2, 0.25) is 0 Å². The van der Waals surface area contributed by atoms with Gasteiger partial charge in [0, 0.05) is 50.3 Å². The van der Waals surface area contributed by atoms with Crippen LogP contribution >= 0.6 is 11.3 Å². The molecule has 2 saturated heterocycles. The molecular weight excluding hydrogens is 491 g/mol. The summed E-state index contributed by atoms with van der Waals surface area (Å²) in [4.78, 5) is 22.2. The SMILES string of the molecule is CC(C)(C)[C@H]1CN(Cc2cnc(-c3ccccc3OC(F)F)s2)C[C@](CN2CC[C@@H](F)C2)(C(=O)O)C1. The molecule has 0 spiro atoms. The maximum Gasteiger partial charge on any atom is 0.387 e. The molecule has 6 nitrogen and oxygen atoms in total. The Morgan fingerprint density at radius 1 is 1.28 bits per heavy atom. The van der Waals surface area contributed by atoms with E-state index in [9.17, 15) is 23.1 Å². The number of thiazole rings is 1. The lowest BCUT2D eigenvalue weighted by atomic mass is 9.66.